The van der Waals surface area contributed by atoms with Crippen molar-refractivity contribution in [3.8, 4) is 0 Å². The number of rotatable bonds is 5. The molecular formula is C16H16BrN5O2S. The zero-order valence-electron chi connectivity index (χ0n) is 13.6. The maximum absolute atomic E-state index is 12.3. The van der Waals surface area contributed by atoms with Crippen LogP contribution in [0.2, 0.25) is 0 Å². The van der Waals surface area contributed by atoms with Crippen LogP contribution in [0, 0.1) is 0 Å². The average molecular weight is 422 g/mol. The zero-order valence-corrected chi connectivity index (χ0v) is 16.0. The van der Waals surface area contributed by atoms with Gasteiger partial charge in [0.15, 0.2) is 11.5 Å². The molecule has 0 saturated carbocycles. The van der Waals surface area contributed by atoms with Crippen molar-refractivity contribution in [3.63, 3.8) is 0 Å². The molecule has 0 spiro atoms. The van der Waals surface area contributed by atoms with Gasteiger partial charge in [-0.1, -0.05) is 6.07 Å². The van der Waals surface area contributed by atoms with Crippen molar-refractivity contribution in [3.05, 3.63) is 51.0 Å². The molecular weight excluding hydrogens is 406 g/mol. The minimum absolute atomic E-state index is 0.0323. The van der Waals surface area contributed by atoms with E-state index in [1.54, 1.807) is 13.1 Å². The molecule has 9 heteroatoms. The van der Waals surface area contributed by atoms with Crippen LogP contribution in [-0.4, -0.2) is 44.9 Å². The lowest BCUT2D eigenvalue weighted by Crippen LogP contribution is -2.39. The predicted molar refractivity (Wildman–Crippen MR) is 98.5 cm³/mol. The van der Waals surface area contributed by atoms with Gasteiger partial charge in [-0.05, 0) is 47.1 Å². The first-order valence-electron chi connectivity index (χ1n) is 7.55. The maximum Gasteiger partial charge on any atom is 0.264 e. The molecule has 25 heavy (non-hydrogen) atoms. The van der Waals surface area contributed by atoms with Crippen LogP contribution in [0.3, 0.4) is 0 Å². The summed E-state index contributed by atoms with van der Waals surface area (Å²) in [6, 6.07) is 8.81. The first kappa shape index (κ1) is 17.6. The summed E-state index contributed by atoms with van der Waals surface area (Å²) in [5.74, 6) is 0.193. The van der Waals surface area contributed by atoms with Crippen molar-refractivity contribution in [2.45, 2.75) is 13.0 Å². The van der Waals surface area contributed by atoms with Crippen molar-refractivity contribution in [1.29, 1.82) is 0 Å². The van der Waals surface area contributed by atoms with E-state index in [1.165, 1.54) is 16.2 Å². The predicted octanol–water partition coefficient (Wildman–Crippen LogP) is 2.50. The number of thiophene rings is 1. The molecule has 3 aromatic rings. The molecule has 0 saturated heterocycles. The van der Waals surface area contributed by atoms with Gasteiger partial charge in [0.1, 0.15) is 0 Å². The topological polar surface area (TPSA) is 79.6 Å². The summed E-state index contributed by atoms with van der Waals surface area (Å²) in [4.78, 5) is 26.5. The molecule has 3 aromatic heterocycles. The molecule has 0 aliphatic heterocycles. The number of carbonyl (C=O) groups is 2. The molecule has 2 amide bonds. The van der Waals surface area contributed by atoms with Gasteiger partial charge in [0.25, 0.3) is 5.91 Å². The highest BCUT2D eigenvalue weighted by atomic mass is 79.9. The minimum Gasteiger partial charge on any atom is -0.345 e. The molecule has 1 atom stereocenters. The number of carbonyl (C=O) groups excluding carboxylic acids is 2. The zero-order chi connectivity index (χ0) is 18.0. The highest BCUT2D eigenvalue weighted by Gasteiger charge is 2.20. The Hall–Kier alpha value is -2.26. The van der Waals surface area contributed by atoms with Crippen LogP contribution in [0.15, 0.2) is 40.3 Å². The third-order valence-corrected chi connectivity index (χ3v) is 5.23. The average Bonchev–Trinajstić information content (AvgIpc) is 3.20. The summed E-state index contributed by atoms with van der Waals surface area (Å²) in [6.07, 6.45) is 1.84. The van der Waals surface area contributed by atoms with E-state index in [9.17, 15) is 9.59 Å². The smallest absolute Gasteiger partial charge is 0.264 e. The Balaban J connectivity index is 1.63. The van der Waals surface area contributed by atoms with Crippen LogP contribution < -0.4 is 5.32 Å². The fourth-order valence-electron chi connectivity index (χ4n) is 2.41. The second-order valence-electron chi connectivity index (χ2n) is 5.54. The Labute approximate surface area is 156 Å². The van der Waals surface area contributed by atoms with Crippen molar-refractivity contribution >= 4 is 44.7 Å². The number of likely N-dealkylation sites (N-methyl/N-ethyl adjacent to an activating group) is 1. The number of aromatic nitrogens is 3. The van der Waals surface area contributed by atoms with E-state index in [4.69, 9.17) is 0 Å². The lowest BCUT2D eigenvalue weighted by atomic mass is 10.3. The Bertz CT molecular complexity index is 922. The molecule has 0 radical (unpaired) electrons. The van der Waals surface area contributed by atoms with Crippen LogP contribution in [0.4, 0.5) is 0 Å². The van der Waals surface area contributed by atoms with E-state index >= 15 is 0 Å². The number of hydrogen-bond acceptors (Lipinski definition) is 5. The van der Waals surface area contributed by atoms with Gasteiger partial charge in [0.2, 0.25) is 5.91 Å². The summed E-state index contributed by atoms with van der Waals surface area (Å²) >= 11 is 4.66. The fraction of sp³-hybridized carbons (Fsp3) is 0.250. The van der Waals surface area contributed by atoms with E-state index in [0.717, 1.165) is 3.79 Å². The summed E-state index contributed by atoms with van der Waals surface area (Å²) < 4.78 is 2.70. The summed E-state index contributed by atoms with van der Waals surface area (Å²) in [5.41, 5.74) is 0.717. The molecule has 130 valence electrons. The number of nitrogens with one attached hydrogen (secondary N) is 1. The van der Waals surface area contributed by atoms with Gasteiger partial charge >= 0.3 is 0 Å². The molecule has 0 aliphatic rings. The summed E-state index contributed by atoms with van der Waals surface area (Å²) in [5, 5.41) is 11.1. The SMILES string of the molecule is CC(NC(=O)CN(C)C(=O)c1ccc(Br)s1)c1nnc2ccccn12. The summed E-state index contributed by atoms with van der Waals surface area (Å²) in [6.45, 7) is 1.80. The molecule has 3 rings (SSSR count). The van der Waals surface area contributed by atoms with Gasteiger partial charge in [-0.2, -0.15) is 0 Å². The second-order valence-corrected chi connectivity index (χ2v) is 8.00. The third kappa shape index (κ3) is 3.88. The van der Waals surface area contributed by atoms with E-state index < -0.39 is 0 Å². The Morgan fingerprint density at radius 1 is 1.32 bits per heavy atom. The van der Waals surface area contributed by atoms with Gasteiger partial charge in [0.05, 0.1) is 21.3 Å². The Kier molecular flexibility index (Phi) is 5.14. The largest absolute Gasteiger partial charge is 0.345 e. The first-order chi connectivity index (χ1) is 12.0. The van der Waals surface area contributed by atoms with E-state index in [0.29, 0.717) is 16.3 Å². The highest BCUT2D eigenvalue weighted by molar-refractivity contribution is 9.11. The van der Waals surface area contributed by atoms with E-state index in [2.05, 4.69) is 31.4 Å². The van der Waals surface area contributed by atoms with Crippen LogP contribution in [0.5, 0.6) is 0 Å². The fourth-order valence-corrected chi connectivity index (χ4v) is 3.79. The van der Waals surface area contributed by atoms with Gasteiger partial charge in [-0.25, -0.2) is 0 Å². The highest BCUT2D eigenvalue weighted by Crippen LogP contribution is 2.23. The summed E-state index contributed by atoms with van der Waals surface area (Å²) in [7, 11) is 1.60. The van der Waals surface area contributed by atoms with Gasteiger partial charge < -0.3 is 10.2 Å². The Morgan fingerprint density at radius 2 is 2.12 bits per heavy atom. The van der Waals surface area contributed by atoms with Crippen molar-refractivity contribution in [1.82, 2.24) is 24.8 Å². The lowest BCUT2D eigenvalue weighted by molar-refractivity contribution is -0.122. The van der Waals surface area contributed by atoms with Crippen LogP contribution in [-0.2, 0) is 4.79 Å². The normalized spacial score (nSPS) is 12.1. The Morgan fingerprint density at radius 3 is 2.84 bits per heavy atom. The number of pyridine rings is 1. The molecule has 0 bridgehead atoms. The third-order valence-electron chi connectivity index (χ3n) is 3.62. The van der Waals surface area contributed by atoms with E-state index in [-0.39, 0.29) is 24.4 Å². The molecule has 1 unspecified atom stereocenters. The number of fused-ring (bicyclic) bond motifs is 1. The maximum atomic E-state index is 12.3. The van der Waals surface area contributed by atoms with E-state index in [1.807, 2.05) is 41.8 Å². The van der Waals surface area contributed by atoms with Crippen LogP contribution in [0.25, 0.3) is 5.65 Å². The standard InChI is InChI=1S/C16H16BrN5O2S/c1-10(15-20-19-13-5-3-4-8-22(13)15)18-14(23)9-21(2)16(24)11-6-7-12(17)25-11/h3-8,10H,9H2,1-2H3,(H,18,23). The first-order valence-corrected chi connectivity index (χ1v) is 9.16. The van der Waals surface area contributed by atoms with Crippen molar-refractivity contribution < 1.29 is 9.59 Å². The van der Waals surface area contributed by atoms with Gasteiger partial charge in [-0.15, -0.1) is 21.5 Å². The van der Waals surface area contributed by atoms with Gasteiger partial charge in [-0.3, -0.25) is 14.0 Å². The number of amides is 2. The molecule has 3 heterocycles. The molecule has 1 N–H and O–H groups in total. The lowest BCUT2D eigenvalue weighted by Gasteiger charge is -2.18. The number of nitrogens with zero attached hydrogens (tertiary/aromatic N) is 4. The van der Waals surface area contributed by atoms with Crippen LogP contribution in [0.1, 0.15) is 28.5 Å². The van der Waals surface area contributed by atoms with Crippen LogP contribution >= 0.6 is 27.3 Å². The van der Waals surface area contributed by atoms with Crippen molar-refractivity contribution in [2.75, 3.05) is 13.6 Å². The van der Waals surface area contributed by atoms with Crippen molar-refractivity contribution in [2.24, 2.45) is 0 Å². The minimum atomic E-state index is -0.329. The quantitative estimate of drug-likeness (QED) is 0.686. The van der Waals surface area contributed by atoms with Gasteiger partial charge in [0, 0.05) is 13.2 Å². The monoisotopic (exact) mass is 421 g/mol. The molecule has 7 nitrogen and oxygen atoms in total. The number of halogens is 1. The number of hydrogen-bond donors (Lipinski definition) is 1. The molecule has 0 fully saturated rings. The molecule has 0 aliphatic carbocycles. The second kappa shape index (κ2) is 7.32. The molecule has 0 aromatic carbocycles.